The summed E-state index contributed by atoms with van der Waals surface area (Å²) >= 11 is 0. The van der Waals surface area contributed by atoms with Gasteiger partial charge in [0, 0.05) is 39.6 Å². The van der Waals surface area contributed by atoms with Crippen molar-refractivity contribution < 1.29 is 0 Å². The summed E-state index contributed by atoms with van der Waals surface area (Å²) < 4.78 is 1.90. The van der Waals surface area contributed by atoms with Crippen molar-refractivity contribution in [3.63, 3.8) is 0 Å². The molecule has 0 amide bonds. The minimum absolute atomic E-state index is 0.798. The van der Waals surface area contributed by atoms with Crippen LogP contribution in [0.2, 0.25) is 0 Å². The molecule has 0 aliphatic heterocycles. The van der Waals surface area contributed by atoms with Crippen LogP contribution in [0.25, 0.3) is 0 Å². The lowest BCUT2D eigenvalue weighted by Crippen LogP contribution is -2.39. The maximum absolute atomic E-state index is 4.32. The van der Waals surface area contributed by atoms with Gasteiger partial charge in [0.05, 0.1) is 6.54 Å². The number of guanidine groups is 1. The number of aromatic nitrogens is 2. The predicted molar refractivity (Wildman–Crippen MR) is 86.2 cm³/mol. The first kappa shape index (κ1) is 15.1. The van der Waals surface area contributed by atoms with Crippen LogP contribution < -0.4 is 5.32 Å². The summed E-state index contributed by atoms with van der Waals surface area (Å²) in [6.45, 7) is 4.56. The number of aliphatic imine (C=N–C) groups is 1. The fraction of sp³-hybridized carbons (Fsp3) is 0.375. The Labute approximate surface area is 126 Å². The summed E-state index contributed by atoms with van der Waals surface area (Å²) in [6, 6.07) is 10.5. The van der Waals surface area contributed by atoms with Gasteiger partial charge in [-0.3, -0.25) is 9.67 Å². The van der Waals surface area contributed by atoms with Gasteiger partial charge in [-0.05, 0) is 18.6 Å². The summed E-state index contributed by atoms with van der Waals surface area (Å²) in [7, 11) is 3.85. The second-order valence-electron chi connectivity index (χ2n) is 5.08. The van der Waals surface area contributed by atoms with Gasteiger partial charge in [-0.15, -0.1) is 0 Å². The monoisotopic (exact) mass is 285 g/mol. The summed E-state index contributed by atoms with van der Waals surface area (Å²) in [5.41, 5.74) is 2.56. The number of aryl methyl sites for hydroxylation is 1. The van der Waals surface area contributed by atoms with Crippen LogP contribution in [0.4, 0.5) is 0 Å². The van der Waals surface area contributed by atoms with Gasteiger partial charge in [-0.25, -0.2) is 0 Å². The lowest BCUT2D eigenvalue weighted by Gasteiger charge is -2.22. The molecule has 0 bridgehead atoms. The maximum atomic E-state index is 4.32. The summed E-state index contributed by atoms with van der Waals surface area (Å²) in [4.78, 5) is 6.44. The van der Waals surface area contributed by atoms with Gasteiger partial charge in [0.15, 0.2) is 5.96 Å². The van der Waals surface area contributed by atoms with Crippen LogP contribution in [0.15, 0.2) is 47.7 Å². The third kappa shape index (κ3) is 4.63. The normalized spacial score (nSPS) is 11.5. The molecule has 5 nitrogen and oxygen atoms in total. The van der Waals surface area contributed by atoms with E-state index in [4.69, 9.17) is 0 Å². The zero-order valence-electron chi connectivity index (χ0n) is 13.0. The molecule has 1 aromatic heterocycles. The summed E-state index contributed by atoms with van der Waals surface area (Å²) in [5, 5.41) is 7.54. The molecule has 0 aliphatic carbocycles. The molecule has 2 aromatic rings. The zero-order valence-corrected chi connectivity index (χ0v) is 13.0. The number of rotatable bonds is 5. The van der Waals surface area contributed by atoms with Gasteiger partial charge >= 0.3 is 0 Å². The molecular weight excluding hydrogens is 262 g/mol. The minimum Gasteiger partial charge on any atom is -0.354 e. The number of hydrogen-bond acceptors (Lipinski definition) is 2. The van der Waals surface area contributed by atoms with Crippen LogP contribution in [0.5, 0.6) is 0 Å². The quantitative estimate of drug-likeness (QED) is 0.674. The molecule has 5 heteroatoms. The van der Waals surface area contributed by atoms with E-state index in [1.165, 1.54) is 11.1 Å². The van der Waals surface area contributed by atoms with E-state index < -0.39 is 0 Å². The van der Waals surface area contributed by atoms with E-state index in [-0.39, 0.29) is 0 Å². The van der Waals surface area contributed by atoms with Gasteiger partial charge in [0.2, 0.25) is 0 Å². The largest absolute Gasteiger partial charge is 0.354 e. The molecule has 1 heterocycles. The Balaban J connectivity index is 1.83. The second kappa shape index (κ2) is 7.47. The van der Waals surface area contributed by atoms with Crippen molar-refractivity contribution in [1.82, 2.24) is 20.0 Å². The van der Waals surface area contributed by atoms with E-state index in [1.54, 1.807) is 6.20 Å². The lowest BCUT2D eigenvalue weighted by molar-refractivity contribution is 0.470. The smallest absolute Gasteiger partial charge is 0.193 e. The molecule has 1 aromatic carbocycles. The Morgan fingerprint density at radius 1 is 1.33 bits per heavy atom. The first-order valence-electron chi connectivity index (χ1n) is 7.14. The molecule has 0 spiro atoms. The Hall–Kier alpha value is -2.30. The van der Waals surface area contributed by atoms with Crippen LogP contribution in [0, 0.1) is 6.92 Å². The standard InChI is InChI=1S/C16H23N5/c1-14-5-7-15(8-6-14)13-20(3)16(17-2)18-10-12-21-11-4-9-19-21/h4-9,11H,10,12-13H2,1-3H3,(H,17,18). The SMILES string of the molecule is CN=C(NCCn1cccn1)N(C)Cc1ccc(C)cc1. The fourth-order valence-corrected chi connectivity index (χ4v) is 2.14. The van der Waals surface area contributed by atoms with E-state index >= 15 is 0 Å². The van der Waals surface area contributed by atoms with Crippen LogP contribution >= 0.6 is 0 Å². The molecule has 0 saturated heterocycles. The van der Waals surface area contributed by atoms with E-state index in [0.717, 1.165) is 25.6 Å². The zero-order chi connectivity index (χ0) is 15.1. The van der Waals surface area contributed by atoms with Crippen molar-refractivity contribution in [1.29, 1.82) is 0 Å². The van der Waals surface area contributed by atoms with E-state index in [0.29, 0.717) is 0 Å². The topological polar surface area (TPSA) is 45.5 Å². The highest BCUT2D eigenvalue weighted by molar-refractivity contribution is 5.79. The summed E-state index contributed by atoms with van der Waals surface area (Å²) in [5.74, 6) is 0.891. The number of nitrogens with one attached hydrogen (secondary N) is 1. The van der Waals surface area contributed by atoms with Gasteiger partial charge < -0.3 is 10.2 Å². The highest BCUT2D eigenvalue weighted by atomic mass is 15.3. The van der Waals surface area contributed by atoms with Crippen molar-refractivity contribution in [3.05, 3.63) is 53.9 Å². The number of hydrogen-bond donors (Lipinski definition) is 1. The van der Waals surface area contributed by atoms with Crippen LogP contribution in [-0.2, 0) is 13.1 Å². The van der Waals surface area contributed by atoms with Crippen molar-refractivity contribution >= 4 is 5.96 Å². The second-order valence-corrected chi connectivity index (χ2v) is 5.08. The van der Waals surface area contributed by atoms with Gasteiger partial charge in [-0.2, -0.15) is 5.10 Å². The number of nitrogens with zero attached hydrogens (tertiary/aromatic N) is 4. The highest BCUT2D eigenvalue weighted by Crippen LogP contribution is 2.05. The average molecular weight is 285 g/mol. The predicted octanol–water partition coefficient (Wildman–Crippen LogP) is 1.90. The van der Waals surface area contributed by atoms with E-state index in [1.807, 2.05) is 31.0 Å². The third-order valence-electron chi connectivity index (χ3n) is 3.30. The Kier molecular flexibility index (Phi) is 5.37. The Morgan fingerprint density at radius 2 is 2.10 bits per heavy atom. The molecule has 0 atom stereocenters. The Morgan fingerprint density at radius 3 is 2.71 bits per heavy atom. The molecule has 1 N–H and O–H groups in total. The van der Waals surface area contributed by atoms with Crippen LogP contribution in [0.3, 0.4) is 0 Å². The third-order valence-corrected chi connectivity index (χ3v) is 3.30. The van der Waals surface area contributed by atoms with Crippen LogP contribution in [0.1, 0.15) is 11.1 Å². The highest BCUT2D eigenvalue weighted by Gasteiger charge is 2.06. The summed E-state index contributed by atoms with van der Waals surface area (Å²) in [6.07, 6.45) is 3.75. The average Bonchev–Trinajstić information content (AvgIpc) is 2.99. The van der Waals surface area contributed by atoms with Gasteiger partial charge in [0.1, 0.15) is 0 Å². The van der Waals surface area contributed by atoms with Crippen molar-refractivity contribution in [2.24, 2.45) is 4.99 Å². The van der Waals surface area contributed by atoms with E-state index in [9.17, 15) is 0 Å². The van der Waals surface area contributed by atoms with Crippen LogP contribution in [-0.4, -0.2) is 41.3 Å². The van der Waals surface area contributed by atoms with E-state index in [2.05, 4.69) is 51.5 Å². The maximum Gasteiger partial charge on any atom is 0.193 e. The first-order valence-corrected chi connectivity index (χ1v) is 7.14. The van der Waals surface area contributed by atoms with Gasteiger partial charge in [0.25, 0.3) is 0 Å². The molecule has 0 unspecified atom stereocenters. The Bertz CT molecular complexity index is 557. The minimum atomic E-state index is 0.798. The molecule has 21 heavy (non-hydrogen) atoms. The molecular formula is C16H23N5. The molecule has 112 valence electrons. The number of benzene rings is 1. The molecule has 0 fully saturated rings. The molecule has 2 rings (SSSR count). The van der Waals surface area contributed by atoms with Crippen molar-refractivity contribution in [3.8, 4) is 0 Å². The fourth-order valence-electron chi connectivity index (χ4n) is 2.14. The molecule has 0 radical (unpaired) electrons. The van der Waals surface area contributed by atoms with Gasteiger partial charge in [-0.1, -0.05) is 29.8 Å². The first-order chi connectivity index (χ1) is 10.2. The lowest BCUT2D eigenvalue weighted by atomic mass is 10.1. The molecule has 0 saturated carbocycles. The van der Waals surface area contributed by atoms with Crippen molar-refractivity contribution in [2.75, 3.05) is 20.6 Å². The van der Waals surface area contributed by atoms with Crippen molar-refractivity contribution in [2.45, 2.75) is 20.0 Å². The molecule has 0 aliphatic rings.